The molecule has 0 aromatic carbocycles. The predicted octanol–water partition coefficient (Wildman–Crippen LogP) is 0.333. The van der Waals surface area contributed by atoms with Crippen LogP contribution in [0.5, 0.6) is 0 Å². The van der Waals surface area contributed by atoms with Crippen molar-refractivity contribution in [2.24, 2.45) is 17.4 Å². The normalized spacial score (nSPS) is 19.6. The fourth-order valence-corrected chi connectivity index (χ4v) is 2.22. The molecule has 1 aromatic rings. The third-order valence-electron chi connectivity index (χ3n) is 3.22. The Morgan fingerprint density at radius 2 is 2.28 bits per heavy atom. The first-order chi connectivity index (χ1) is 8.58. The minimum atomic E-state index is -0.531. The fraction of sp³-hybridized carbons (Fsp3) is 0.417. The average Bonchev–Trinajstić information content (AvgIpc) is 2.39. The molecule has 0 radical (unpaired) electrons. The van der Waals surface area contributed by atoms with Crippen LogP contribution in [0.25, 0.3) is 0 Å². The zero-order valence-corrected chi connectivity index (χ0v) is 10.1. The summed E-state index contributed by atoms with van der Waals surface area (Å²) in [7, 11) is 0. The molecule has 1 atom stereocenters. The van der Waals surface area contributed by atoms with Gasteiger partial charge < -0.3 is 16.4 Å². The Bertz CT molecular complexity index is 473. The third kappa shape index (κ3) is 2.58. The largest absolute Gasteiger partial charge is 0.387 e. The summed E-state index contributed by atoms with van der Waals surface area (Å²) in [6.07, 6.45) is 3.50. The molecule has 1 aliphatic rings. The van der Waals surface area contributed by atoms with Crippen molar-refractivity contribution in [2.45, 2.75) is 12.8 Å². The van der Waals surface area contributed by atoms with Crippen molar-refractivity contribution in [3.63, 3.8) is 0 Å². The maximum absolute atomic E-state index is 11.1. The standard InChI is InChI=1S/C12H17N5O/c13-11(14)8-2-1-5-17(7-8)9-3-4-16-10(6-9)12(15)18/h3-4,6,8H,1-2,5,7H2,(H3,13,14)(H2,15,18). The maximum atomic E-state index is 11.1. The van der Waals surface area contributed by atoms with E-state index in [9.17, 15) is 4.79 Å². The molecule has 1 aliphatic heterocycles. The van der Waals surface area contributed by atoms with E-state index in [2.05, 4.69) is 9.88 Å². The Hall–Kier alpha value is -2.11. The van der Waals surface area contributed by atoms with Crippen LogP contribution >= 0.6 is 0 Å². The number of nitrogens with zero attached hydrogens (tertiary/aromatic N) is 2. The molecule has 0 saturated carbocycles. The minimum absolute atomic E-state index is 0.0870. The molecule has 1 aromatic heterocycles. The molecule has 1 unspecified atom stereocenters. The van der Waals surface area contributed by atoms with Crippen molar-refractivity contribution in [3.05, 3.63) is 24.0 Å². The Morgan fingerprint density at radius 3 is 2.94 bits per heavy atom. The molecular formula is C12H17N5O. The lowest BCUT2D eigenvalue weighted by Crippen LogP contribution is -2.41. The molecule has 0 spiro atoms. The summed E-state index contributed by atoms with van der Waals surface area (Å²) in [5.74, 6) is -0.218. The number of amides is 1. The molecule has 1 fully saturated rings. The second kappa shape index (κ2) is 5.03. The minimum Gasteiger partial charge on any atom is -0.387 e. The number of hydrogen-bond acceptors (Lipinski definition) is 4. The Morgan fingerprint density at radius 1 is 1.50 bits per heavy atom. The summed E-state index contributed by atoms with van der Waals surface area (Å²) in [6.45, 7) is 1.60. The molecule has 6 nitrogen and oxygen atoms in total. The summed E-state index contributed by atoms with van der Waals surface area (Å²) in [5.41, 5.74) is 11.9. The second-order valence-electron chi connectivity index (χ2n) is 4.50. The number of pyridine rings is 1. The summed E-state index contributed by atoms with van der Waals surface area (Å²) in [6, 6.07) is 3.53. The SMILES string of the molecule is N=C(N)C1CCCN(c2ccnc(C(N)=O)c2)C1. The van der Waals surface area contributed by atoms with E-state index >= 15 is 0 Å². The smallest absolute Gasteiger partial charge is 0.267 e. The Kier molecular flexibility index (Phi) is 3.45. The monoisotopic (exact) mass is 247 g/mol. The maximum Gasteiger partial charge on any atom is 0.267 e. The van der Waals surface area contributed by atoms with Gasteiger partial charge in [-0.2, -0.15) is 0 Å². The Balaban J connectivity index is 2.18. The van der Waals surface area contributed by atoms with Crippen LogP contribution in [0.15, 0.2) is 18.3 Å². The van der Waals surface area contributed by atoms with E-state index in [1.807, 2.05) is 6.07 Å². The van der Waals surface area contributed by atoms with E-state index in [0.717, 1.165) is 25.1 Å². The number of nitrogens with one attached hydrogen (secondary N) is 1. The number of aromatic nitrogens is 1. The van der Waals surface area contributed by atoms with E-state index in [1.54, 1.807) is 12.3 Å². The van der Waals surface area contributed by atoms with Crippen LogP contribution in [-0.2, 0) is 0 Å². The quantitative estimate of drug-likeness (QED) is 0.528. The molecule has 6 heteroatoms. The first-order valence-electron chi connectivity index (χ1n) is 5.92. The molecule has 2 heterocycles. The lowest BCUT2D eigenvalue weighted by molar-refractivity contribution is 0.0995. The number of carbonyl (C=O) groups is 1. The van der Waals surface area contributed by atoms with Crippen molar-refractivity contribution in [1.29, 1.82) is 5.41 Å². The number of piperidine rings is 1. The first-order valence-corrected chi connectivity index (χ1v) is 5.92. The van der Waals surface area contributed by atoms with Gasteiger partial charge in [-0.1, -0.05) is 0 Å². The summed E-state index contributed by atoms with van der Waals surface area (Å²) in [5, 5.41) is 7.52. The van der Waals surface area contributed by atoms with Gasteiger partial charge in [0.25, 0.3) is 5.91 Å². The molecule has 5 N–H and O–H groups in total. The molecule has 96 valence electrons. The van der Waals surface area contributed by atoms with Crippen molar-refractivity contribution < 1.29 is 4.79 Å². The van der Waals surface area contributed by atoms with Gasteiger partial charge in [-0.05, 0) is 25.0 Å². The lowest BCUT2D eigenvalue weighted by atomic mass is 9.96. The van der Waals surface area contributed by atoms with Crippen LogP contribution in [0.3, 0.4) is 0 Å². The number of primary amides is 1. The highest BCUT2D eigenvalue weighted by molar-refractivity contribution is 5.91. The zero-order valence-electron chi connectivity index (χ0n) is 10.1. The molecule has 1 saturated heterocycles. The predicted molar refractivity (Wildman–Crippen MR) is 69.6 cm³/mol. The zero-order chi connectivity index (χ0) is 13.1. The fourth-order valence-electron chi connectivity index (χ4n) is 2.22. The third-order valence-corrected chi connectivity index (χ3v) is 3.22. The lowest BCUT2D eigenvalue weighted by Gasteiger charge is -2.33. The average molecular weight is 247 g/mol. The molecular weight excluding hydrogens is 230 g/mol. The van der Waals surface area contributed by atoms with Crippen LogP contribution in [0, 0.1) is 11.3 Å². The van der Waals surface area contributed by atoms with Gasteiger partial charge >= 0.3 is 0 Å². The molecule has 1 amide bonds. The van der Waals surface area contributed by atoms with Gasteiger partial charge in [0.05, 0.1) is 5.84 Å². The van der Waals surface area contributed by atoms with Gasteiger partial charge in [0.2, 0.25) is 0 Å². The van der Waals surface area contributed by atoms with E-state index < -0.39 is 5.91 Å². The van der Waals surface area contributed by atoms with Crippen molar-refractivity contribution in [3.8, 4) is 0 Å². The van der Waals surface area contributed by atoms with Crippen molar-refractivity contribution in [2.75, 3.05) is 18.0 Å². The highest BCUT2D eigenvalue weighted by Gasteiger charge is 2.22. The van der Waals surface area contributed by atoms with Crippen LogP contribution < -0.4 is 16.4 Å². The van der Waals surface area contributed by atoms with Crippen LogP contribution in [-0.4, -0.2) is 29.8 Å². The van der Waals surface area contributed by atoms with E-state index in [4.69, 9.17) is 16.9 Å². The molecule has 0 aliphatic carbocycles. The van der Waals surface area contributed by atoms with E-state index in [0.29, 0.717) is 6.54 Å². The van der Waals surface area contributed by atoms with Gasteiger partial charge in [0.1, 0.15) is 5.69 Å². The summed E-state index contributed by atoms with van der Waals surface area (Å²) < 4.78 is 0. The van der Waals surface area contributed by atoms with E-state index in [1.165, 1.54) is 0 Å². The number of nitrogens with two attached hydrogens (primary N) is 2. The number of rotatable bonds is 3. The molecule has 18 heavy (non-hydrogen) atoms. The van der Waals surface area contributed by atoms with Gasteiger partial charge in [-0.15, -0.1) is 0 Å². The molecule has 0 bridgehead atoms. The summed E-state index contributed by atoms with van der Waals surface area (Å²) >= 11 is 0. The number of anilines is 1. The first kappa shape index (κ1) is 12.3. The number of carbonyl (C=O) groups excluding carboxylic acids is 1. The van der Waals surface area contributed by atoms with Gasteiger partial charge in [0.15, 0.2) is 0 Å². The van der Waals surface area contributed by atoms with Crippen molar-refractivity contribution >= 4 is 17.4 Å². The van der Waals surface area contributed by atoms with Gasteiger partial charge in [-0.3, -0.25) is 15.2 Å². The van der Waals surface area contributed by atoms with Gasteiger partial charge in [0, 0.05) is 30.9 Å². The van der Waals surface area contributed by atoms with Gasteiger partial charge in [-0.25, -0.2) is 0 Å². The summed E-state index contributed by atoms with van der Waals surface area (Å²) in [4.78, 5) is 17.1. The highest BCUT2D eigenvalue weighted by atomic mass is 16.1. The number of amidine groups is 1. The Labute approximate surface area is 105 Å². The number of hydrogen-bond donors (Lipinski definition) is 3. The second-order valence-corrected chi connectivity index (χ2v) is 4.50. The topological polar surface area (TPSA) is 109 Å². The van der Waals surface area contributed by atoms with E-state index in [-0.39, 0.29) is 17.4 Å². The van der Waals surface area contributed by atoms with Crippen LogP contribution in [0.2, 0.25) is 0 Å². The highest BCUT2D eigenvalue weighted by Crippen LogP contribution is 2.23. The van der Waals surface area contributed by atoms with Crippen molar-refractivity contribution in [1.82, 2.24) is 4.98 Å². The molecule has 2 rings (SSSR count). The van der Waals surface area contributed by atoms with Crippen LogP contribution in [0.4, 0.5) is 5.69 Å². The van der Waals surface area contributed by atoms with Crippen LogP contribution in [0.1, 0.15) is 23.3 Å².